The summed E-state index contributed by atoms with van der Waals surface area (Å²) in [7, 11) is 0. The molecule has 0 radical (unpaired) electrons. The molecule has 0 aromatic heterocycles. The van der Waals surface area contributed by atoms with Crippen molar-refractivity contribution in [1.82, 2.24) is 0 Å². The Hall–Kier alpha value is 0.448. The zero-order chi connectivity index (χ0) is 16.2. The number of rotatable bonds is 0. The van der Waals surface area contributed by atoms with Crippen molar-refractivity contribution >= 4 is 0 Å². The summed E-state index contributed by atoms with van der Waals surface area (Å²) in [4.78, 5) is 0. The fourth-order valence-electron chi connectivity index (χ4n) is 0. The minimum Gasteiger partial charge on any atom is -0.855 e. The van der Waals surface area contributed by atoms with Gasteiger partial charge < -0.3 is 30.6 Å². The normalized spacial score (nSPS) is 5.68. The molecule has 6 nitrogen and oxygen atoms in total. The third-order valence-electron chi connectivity index (χ3n) is 0. The second-order valence-corrected chi connectivity index (χ2v) is 1.73. The van der Waals surface area contributed by atoms with Gasteiger partial charge in [-0.25, -0.2) is 0 Å². The summed E-state index contributed by atoms with van der Waals surface area (Å²) in [5.74, 6) is 0. The molecule has 0 aromatic rings. The molecule has 0 saturated heterocycles. The van der Waals surface area contributed by atoms with Gasteiger partial charge in [-0.1, -0.05) is 41.5 Å². The van der Waals surface area contributed by atoms with Gasteiger partial charge in [-0.15, -0.1) is 39.6 Å². The fraction of sp³-hybridized carbons (Fsp3) is 1.00. The Kier molecular flexibility index (Phi) is 304. The first-order valence-corrected chi connectivity index (χ1v) is 5.97. The summed E-state index contributed by atoms with van der Waals surface area (Å²) in [6, 6.07) is 0. The van der Waals surface area contributed by atoms with E-state index in [1.807, 2.05) is 0 Å². The van der Waals surface area contributed by atoms with E-state index in [0.717, 1.165) is 0 Å². The Morgan fingerprint density at radius 3 is 0.368 bits per heavy atom. The topological polar surface area (TPSA) is 138 Å². The first-order chi connectivity index (χ1) is 8.49. The van der Waals surface area contributed by atoms with E-state index in [-0.39, 0.29) is 60.7 Å². The molecule has 120 valence electrons. The van der Waals surface area contributed by atoms with Crippen molar-refractivity contribution in [1.29, 1.82) is 0 Å². The van der Waals surface area contributed by atoms with Gasteiger partial charge in [-0.05, 0) is 0 Å². The molecular weight excluding hydrogens is 336 g/mol. The molecule has 0 spiro atoms. The van der Waals surface area contributed by atoms with Crippen LogP contribution in [0.25, 0.3) is 0 Å². The van der Waals surface area contributed by atoms with Crippen molar-refractivity contribution < 1.29 is 51.7 Å². The van der Waals surface area contributed by atoms with E-state index >= 15 is 0 Å². The van der Waals surface area contributed by atoms with Gasteiger partial charge in [0.2, 0.25) is 0 Å². The van der Waals surface area contributed by atoms with Crippen LogP contribution in [0.2, 0.25) is 0 Å². The predicted molar refractivity (Wildman–Crippen MR) is 63.2 cm³/mol. The Bertz CT molecular complexity index is 37.7. The van der Waals surface area contributed by atoms with E-state index in [2.05, 4.69) is 0 Å². The second-order valence-electron chi connectivity index (χ2n) is 1.73. The van der Waals surface area contributed by atoms with Crippen molar-refractivity contribution in [2.45, 2.75) is 41.5 Å². The van der Waals surface area contributed by atoms with E-state index in [0.29, 0.717) is 0 Å². The van der Waals surface area contributed by atoms with Crippen LogP contribution >= 0.6 is 0 Å². The summed E-state index contributed by atoms with van der Waals surface area (Å²) in [6.07, 6.45) is 0. The molecule has 0 atom stereocenters. The van der Waals surface area contributed by atoms with Gasteiger partial charge in [0, 0.05) is 0 Å². The summed E-state index contributed by atoms with van der Waals surface area (Å²) in [6.45, 7) is 9.42. The second kappa shape index (κ2) is 135. The molecule has 0 heterocycles. The molecule has 19 heavy (non-hydrogen) atoms. The average Bonchev–Trinajstić information content (AvgIpc) is 2.23. The summed E-state index contributed by atoms with van der Waals surface area (Å²) >= 11 is 0. The van der Waals surface area contributed by atoms with Gasteiger partial charge in [-0.2, -0.15) is 0 Å². The zero-order valence-electron chi connectivity index (χ0n) is 13.1. The van der Waals surface area contributed by atoms with Crippen molar-refractivity contribution in [3.8, 4) is 0 Å². The molecule has 0 bridgehead atoms. The van der Waals surface area contributed by atoms with Crippen LogP contribution in [0.15, 0.2) is 0 Å². The average molecular weight is 366 g/mol. The molecule has 0 aromatic carbocycles. The van der Waals surface area contributed by atoms with Gasteiger partial charge in [0.25, 0.3) is 0 Å². The van der Waals surface area contributed by atoms with Crippen LogP contribution in [-0.4, -0.2) is 39.6 Å². The quantitative estimate of drug-likeness (QED) is 0.403. The largest absolute Gasteiger partial charge is 6.00 e. The maximum absolute atomic E-state index is 8.93. The minimum atomic E-state index is 0. The Labute approximate surface area is 133 Å². The molecule has 0 amide bonds. The Morgan fingerprint density at radius 1 is 0.368 bits per heavy atom. The van der Waals surface area contributed by atoms with Crippen LogP contribution in [0.5, 0.6) is 0 Å². The van der Waals surface area contributed by atoms with E-state index in [4.69, 9.17) is 30.6 Å². The zero-order valence-corrected chi connectivity index (χ0v) is 15.1. The molecule has 0 N–H and O–H groups in total. The molecule has 0 saturated carbocycles. The standard InChI is InChI=1S/6C2H5O.Mo/c6*1-2-3;/h6*2H2,1H3;/q6*-1;+6. The predicted octanol–water partition coefficient (Wildman–Crippen LogP) is -3.80. The minimum absolute atomic E-state index is 0. The van der Waals surface area contributed by atoms with Gasteiger partial charge in [-0.3, -0.25) is 0 Å². The SMILES string of the molecule is CC[O-].CC[O-].CC[O-].CC[O-].CC[O-].CC[O-].[Mo+6]. The van der Waals surface area contributed by atoms with Crippen LogP contribution in [-0.2, 0) is 21.1 Å². The van der Waals surface area contributed by atoms with E-state index in [1.165, 1.54) is 0 Å². The van der Waals surface area contributed by atoms with Crippen LogP contribution in [0.4, 0.5) is 0 Å². The molecule has 0 rings (SSSR count). The Balaban J connectivity index is -0.0000000180. The third-order valence-corrected chi connectivity index (χ3v) is 0. The first-order valence-electron chi connectivity index (χ1n) is 5.97. The molecule has 0 aliphatic carbocycles. The summed E-state index contributed by atoms with van der Waals surface area (Å²) in [5.41, 5.74) is 0. The van der Waals surface area contributed by atoms with Crippen LogP contribution in [0.1, 0.15) is 41.5 Å². The van der Waals surface area contributed by atoms with Crippen LogP contribution in [0.3, 0.4) is 0 Å². The van der Waals surface area contributed by atoms with Crippen molar-refractivity contribution in [2.24, 2.45) is 0 Å². The molecule has 0 unspecified atom stereocenters. The van der Waals surface area contributed by atoms with Gasteiger partial charge in [0.15, 0.2) is 0 Å². The van der Waals surface area contributed by atoms with Gasteiger partial charge >= 0.3 is 21.1 Å². The molecular formula is C12H30MoO6. The van der Waals surface area contributed by atoms with E-state index in [1.54, 1.807) is 41.5 Å². The van der Waals surface area contributed by atoms with Crippen molar-refractivity contribution in [3.05, 3.63) is 0 Å². The summed E-state index contributed by atoms with van der Waals surface area (Å²) < 4.78 is 0. The van der Waals surface area contributed by atoms with E-state index in [9.17, 15) is 0 Å². The molecule has 0 aliphatic rings. The number of hydrogen-bond donors (Lipinski definition) is 0. The Morgan fingerprint density at radius 2 is 0.368 bits per heavy atom. The maximum atomic E-state index is 8.93. The first kappa shape index (κ1) is 42.7. The third kappa shape index (κ3) is 24800. The smallest absolute Gasteiger partial charge is 0.855 e. The van der Waals surface area contributed by atoms with Gasteiger partial charge in [0.1, 0.15) is 0 Å². The molecule has 0 aliphatic heterocycles. The van der Waals surface area contributed by atoms with Crippen molar-refractivity contribution in [2.75, 3.05) is 39.6 Å². The van der Waals surface area contributed by atoms with Gasteiger partial charge in [0.05, 0.1) is 0 Å². The monoisotopic (exact) mass is 368 g/mol. The van der Waals surface area contributed by atoms with Crippen LogP contribution < -0.4 is 30.6 Å². The maximum Gasteiger partial charge on any atom is 6.00 e. The molecule has 7 heteroatoms. The fourth-order valence-corrected chi connectivity index (χ4v) is 0. The molecule has 0 fully saturated rings. The van der Waals surface area contributed by atoms with Crippen molar-refractivity contribution in [3.63, 3.8) is 0 Å². The van der Waals surface area contributed by atoms with Crippen LogP contribution in [0, 0.1) is 0 Å². The van der Waals surface area contributed by atoms with E-state index < -0.39 is 0 Å². The summed E-state index contributed by atoms with van der Waals surface area (Å²) in [5, 5.41) is 53.6. The number of hydrogen-bond acceptors (Lipinski definition) is 6.